The molecule has 0 bridgehead atoms. The van der Waals surface area contributed by atoms with Crippen molar-refractivity contribution >= 4 is 23.2 Å². The van der Waals surface area contributed by atoms with Crippen LogP contribution in [0.25, 0.3) is 0 Å². The van der Waals surface area contributed by atoms with E-state index in [4.69, 9.17) is 16.3 Å². The quantitative estimate of drug-likeness (QED) is 0.827. The zero-order chi connectivity index (χ0) is 13.7. The SMILES string of the molecule is Cc1ccnc(Cl)c1NC(=O)COC1CCNCC1. The number of carbonyl (C=O) groups excluding carboxylic acids is 1. The van der Waals surface area contributed by atoms with Gasteiger partial charge in [-0.1, -0.05) is 11.6 Å². The molecule has 1 aromatic heterocycles. The number of carbonyl (C=O) groups is 1. The van der Waals surface area contributed by atoms with Crippen LogP contribution < -0.4 is 10.6 Å². The van der Waals surface area contributed by atoms with E-state index >= 15 is 0 Å². The van der Waals surface area contributed by atoms with Crippen molar-refractivity contribution in [3.8, 4) is 0 Å². The first-order valence-corrected chi connectivity index (χ1v) is 6.78. The summed E-state index contributed by atoms with van der Waals surface area (Å²) >= 11 is 5.95. The molecular weight excluding hydrogens is 266 g/mol. The molecule has 104 valence electrons. The molecule has 19 heavy (non-hydrogen) atoms. The Labute approximate surface area is 117 Å². The second-order valence-corrected chi connectivity index (χ2v) is 4.96. The van der Waals surface area contributed by atoms with Crippen LogP contribution in [0.3, 0.4) is 0 Å². The Morgan fingerprint density at radius 2 is 2.32 bits per heavy atom. The minimum absolute atomic E-state index is 0.0509. The lowest BCUT2D eigenvalue weighted by atomic mass is 10.1. The van der Waals surface area contributed by atoms with Crippen molar-refractivity contribution in [2.45, 2.75) is 25.9 Å². The molecule has 6 heteroatoms. The monoisotopic (exact) mass is 283 g/mol. The summed E-state index contributed by atoms with van der Waals surface area (Å²) in [6.07, 6.45) is 3.66. The summed E-state index contributed by atoms with van der Waals surface area (Å²) in [5, 5.41) is 6.30. The average molecular weight is 284 g/mol. The van der Waals surface area contributed by atoms with Gasteiger partial charge in [-0.25, -0.2) is 4.98 Å². The highest BCUT2D eigenvalue weighted by Crippen LogP contribution is 2.22. The Morgan fingerprint density at radius 1 is 1.58 bits per heavy atom. The fraction of sp³-hybridized carbons (Fsp3) is 0.538. The Bertz CT molecular complexity index is 427. The van der Waals surface area contributed by atoms with Gasteiger partial charge in [-0.05, 0) is 44.5 Å². The van der Waals surface area contributed by atoms with Crippen molar-refractivity contribution in [1.82, 2.24) is 10.3 Å². The lowest BCUT2D eigenvalue weighted by Gasteiger charge is -2.22. The first kappa shape index (κ1) is 14.2. The van der Waals surface area contributed by atoms with Crippen LogP contribution in [0.2, 0.25) is 5.15 Å². The molecular formula is C13H18ClN3O2. The van der Waals surface area contributed by atoms with E-state index in [0.29, 0.717) is 10.8 Å². The minimum atomic E-state index is -0.198. The molecule has 1 aliphatic heterocycles. The summed E-state index contributed by atoms with van der Waals surface area (Å²) < 4.78 is 5.58. The van der Waals surface area contributed by atoms with Gasteiger partial charge in [0.25, 0.3) is 0 Å². The van der Waals surface area contributed by atoms with E-state index in [1.54, 1.807) is 12.3 Å². The number of nitrogens with one attached hydrogen (secondary N) is 2. The summed E-state index contributed by atoms with van der Waals surface area (Å²) in [7, 11) is 0. The maximum Gasteiger partial charge on any atom is 0.250 e. The van der Waals surface area contributed by atoms with Crippen molar-refractivity contribution in [3.05, 3.63) is 23.0 Å². The van der Waals surface area contributed by atoms with Crippen LogP contribution in [-0.4, -0.2) is 36.7 Å². The molecule has 1 fully saturated rings. The molecule has 5 nitrogen and oxygen atoms in total. The molecule has 2 heterocycles. The third-order valence-corrected chi connectivity index (χ3v) is 3.40. The molecule has 0 radical (unpaired) electrons. The van der Waals surface area contributed by atoms with Crippen LogP contribution in [0.15, 0.2) is 12.3 Å². The molecule has 0 aliphatic carbocycles. The van der Waals surface area contributed by atoms with Crippen LogP contribution in [-0.2, 0) is 9.53 Å². The number of anilines is 1. The fourth-order valence-electron chi connectivity index (χ4n) is 2.01. The van der Waals surface area contributed by atoms with Gasteiger partial charge in [0.15, 0.2) is 5.15 Å². The summed E-state index contributed by atoms with van der Waals surface area (Å²) in [6, 6.07) is 1.80. The summed E-state index contributed by atoms with van der Waals surface area (Å²) in [6.45, 7) is 3.81. The molecule has 2 N–H and O–H groups in total. The molecule has 1 amide bonds. The molecule has 1 aliphatic rings. The molecule has 2 rings (SSSR count). The molecule has 0 unspecified atom stereocenters. The van der Waals surface area contributed by atoms with Gasteiger partial charge in [0.2, 0.25) is 5.91 Å². The second-order valence-electron chi connectivity index (χ2n) is 4.60. The smallest absolute Gasteiger partial charge is 0.250 e. The van der Waals surface area contributed by atoms with E-state index in [2.05, 4.69) is 15.6 Å². The van der Waals surface area contributed by atoms with Gasteiger partial charge in [-0.2, -0.15) is 0 Å². The van der Waals surface area contributed by atoms with E-state index in [1.165, 1.54) is 0 Å². The average Bonchev–Trinajstić information content (AvgIpc) is 2.42. The highest BCUT2D eigenvalue weighted by atomic mass is 35.5. The van der Waals surface area contributed by atoms with E-state index < -0.39 is 0 Å². The van der Waals surface area contributed by atoms with Crippen molar-refractivity contribution in [2.24, 2.45) is 0 Å². The lowest BCUT2D eigenvalue weighted by molar-refractivity contribution is -0.123. The minimum Gasteiger partial charge on any atom is -0.368 e. The van der Waals surface area contributed by atoms with Crippen molar-refractivity contribution < 1.29 is 9.53 Å². The van der Waals surface area contributed by atoms with Gasteiger partial charge in [-0.15, -0.1) is 0 Å². The molecule has 1 aromatic rings. The maximum atomic E-state index is 11.8. The van der Waals surface area contributed by atoms with Gasteiger partial charge in [0.1, 0.15) is 6.61 Å². The molecule has 0 aromatic carbocycles. The maximum absolute atomic E-state index is 11.8. The molecule has 0 spiro atoms. The number of rotatable bonds is 4. The number of amides is 1. The van der Waals surface area contributed by atoms with Crippen LogP contribution in [0, 0.1) is 6.92 Å². The van der Waals surface area contributed by atoms with Gasteiger partial charge in [0.05, 0.1) is 11.8 Å². The third kappa shape index (κ3) is 4.16. The van der Waals surface area contributed by atoms with Crippen molar-refractivity contribution in [3.63, 3.8) is 0 Å². The Kier molecular flexibility index (Phi) is 5.13. The lowest BCUT2D eigenvalue weighted by Crippen LogP contribution is -2.34. The van der Waals surface area contributed by atoms with Crippen molar-refractivity contribution in [1.29, 1.82) is 0 Å². The number of aryl methyl sites for hydroxylation is 1. The number of pyridine rings is 1. The van der Waals surface area contributed by atoms with Gasteiger partial charge >= 0.3 is 0 Å². The standard InChI is InChI=1S/C13H18ClN3O2/c1-9-2-7-16-13(14)12(9)17-11(18)8-19-10-3-5-15-6-4-10/h2,7,10,15H,3-6,8H2,1H3,(H,17,18). The first-order chi connectivity index (χ1) is 9.16. The topological polar surface area (TPSA) is 63.2 Å². The third-order valence-electron chi connectivity index (χ3n) is 3.11. The number of nitrogens with zero attached hydrogens (tertiary/aromatic N) is 1. The van der Waals surface area contributed by atoms with Crippen LogP contribution in [0.5, 0.6) is 0 Å². The zero-order valence-corrected chi connectivity index (χ0v) is 11.7. The first-order valence-electron chi connectivity index (χ1n) is 6.40. The fourth-order valence-corrected chi connectivity index (χ4v) is 2.26. The number of piperidine rings is 1. The number of hydrogen-bond acceptors (Lipinski definition) is 4. The van der Waals surface area contributed by atoms with Gasteiger partial charge in [0, 0.05) is 6.20 Å². The van der Waals surface area contributed by atoms with Crippen molar-refractivity contribution in [2.75, 3.05) is 25.0 Å². The van der Waals surface area contributed by atoms with Crippen LogP contribution in [0.4, 0.5) is 5.69 Å². The summed E-state index contributed by atoms with van der Waals surface area (Å²) in [5.74, 6) is -0.198. The van der Waals surface area contributed by atoms with Gasteiger partial charge in [-0.3, -0.25) is 4.79 Å². The zero-order valence-electron chi connectivity index (χ0n) is 10.9. The Hall–Kier alpha value is -1.17. The van der Waals surface area contributed by atoms with Gasteiger partial charge < -0.3 is 15.4 Å². The predicted octanol–water partition coefficient (Wildman–Crippen LogP) is 1.75. The number of halogens is 1. The highest BCUT2D eigenvalue weighted by Gasteiger charge is 2.15. The number of hydrogen-bond donors (Lipinski definition) is 2. The van der Waals surface area contributed by atoms with Crippen LogP contribution >= 0.6 is 11.6 Å². The Balaban J connectivity index is 1.83. The number of ether oxygens (including phenoxy) is 1. The van der Waals surface area contributed by atoms with Crippen LogP contribution in [0.1, 0.15) is 18.4 Å². The van der Waals surface area contributed by atoms with E-state index in [1.807, 2.05) is 6.92 Å². The molecule has 0 saturated carbocycles. The van der Waals surface area contributed by atoms with E-state index in [-0.39, 0.29) is 18.6 Å². The molecule has 1 saturated heterocycles. The Morgan fingerprint density at radius 3 is 3.00 bits per heavy atom. The normalized spacial score (nSPS) is 16.3. The predicted molar refractivity (Wildman–Crippen MR) is 74.5 cm³/mol. The summed E-state index contributed by atoms with van der Waals surface area (Å²) in [5.41, 5.74) is 1.44. The largest absolute Gasteiger partial charge is 0.368 e. The summed E-state index contributed by atoms with van der Waals surface area (Å²) in [4.78, 5) is 15.8. The van der Waals surface area contributed by atoms with E-state index in [0.717, 1.165) is 31.5 Å². The van der Waals surface area contributed by atoms with E-state index in [9.17, 15) is 4.79 Å². The second kappa shape index (κ2) is 6.84. The highest BCUT2D eigenvalue weighted by molar-refractivity contribution is 6.32. The number of aromatic nitrogens is 1. The molecule has 0 atom stereocenters.